The molecule has 126 valence electrons. The molecule has 3 fully saturated rings. The topological polar surface area (TPSA) is 36.4 Å². The molecule has 1 aromatic heterocycles. The first kappa shape index (κ1) is 15.8. The predicted molar refractivity (Wildman–Crippen MR) is 96.1 cm³/mol. The van der Waals surface area contributed by atoms with Gasteiger partial charge in [-0.2, -0.15) is 0 Å². The second-order valence-corrected chi connectivity index (χ2v) is 8.05. The van der Waals surface area contributed by atoms with Gasteiger partial charge >= 0.3 is 0 Å². The fourth-order valence-electron chi connectivity index (χ4n) is 4.01. The van der Waals surface area contributed by atoms with E-state index in [4.69, 9.17) is 0 Å². The molecule has 3 aliphatic heterocycles. The van der Waals surface area contributed by atoms with Crippen LogP contribution in [0.3, 0.4) is 0 Å². The molecular weight excluding hydrogens is 318 g/mol. The van der Waals surface area contributed by atoms with Gasteiger partial charge in [-0.3, -0.25) is 9.69 Å². The Kier molecular flexibility index (Phi) is 4.37. The minimum atomic E-state index is 0.121. The van der Waals surface area contributed by atoms with Gasteiger partial charge < -0.3 is 4.90 Å². The van der Waals surface area contributed by atoms with Gasteiger partial charge in [0, 0.05) is 37.6 Å². The lowest BCUT2D eigenvalue weighted by molar-refractivity contribution is 0.0579. The smallest absolute Gasteiger partial charge is 0.273 e. The van der Waals surface area contributed by atoms with E-state index in [-0.39, 0.29) is 5.91 Å². The minimum Gasteiger partial charge on any atom is -0.333 e. The Morgan fingerprint density at radius 1 is 1.21 bits per heavy atom. The molecule has 2 bridgehead atoms. The van der Waals surface area contributed by atoms with Gasteiger partial charge in [0.1, 0.15) is 5.69 Å². The standard InChI is InChI=1S/C19H23N3OS/c1-14-20-18(13-24-14)19(23)22-11-16-7-8-17(22)12-21(10-16)9-15-5-3-2-4-6-15/h2-6,13,16-17H,7-12H2,1H3/t16-,17+/m0/s1. The van der Waals surface area contributed by atoms with Gasteiger partial charge in [-0.1, -0.05) is 30.3 Å². The van der Waals surface area contributed by atoms with E-state index in [9.17, 15) is 4.79 Å². The lowest BCUT2D eigenvalue weighted by Crippen LogP contribution is -2.47. The van der Waals surface area contributed by atoms with Gasteiger partial charge in [-0.05, 0) is 31.2 Å². The highest BCUT2D eigenvalue weighted by Gasteiger charge is 2.37. The van der Waals surface area contributed by atoms with Gasteiger partial charge in [-0.15, -0.1) is 11.3 Å². The fourth-order valence-corrected chi connectivity index (χ4v) is 4.59. The summed E-state index contributed by atoms with van der Waals surface area (Å²) < 4.78 is 0. The molecule has 24 heavy (non-hydrogen) atoms. The van der Waals surface area contributed by atoms with E-state index < -0.39 is 0 Å². The summed E-state index contributed by atoms with van der Waals surface area (Å²) in [6.45, 7) is 5.88. The number of aryl methyl sites for hydroxylation is 1. The number of hydrogen-bond acceptors (Lipinski definition) is 4. The van der Waals surface area contributed by atoms with Crippen molar-refractivity contribution in [1.29, 1.82) is 0 Å². The number of fused-ring (bicyclic) bond motifs is 4. The number of nitrogens with zero attached hydrogens (tertiary/aromatic N) is 3. The normalized spacial score (nSPS) is 24.1. The summed E-state index contributed by atoms with van der Waals surface area (Å²) in [6.07, 6.45) is 2.35. The van der Waals surface area contributed by atoms with Crippen molar-refractivity contribution in [2.75, 3.05) is 19.6 Å². The van der Waals surface area contributed by atoms with Crippen LogP contribution in [0.5, 0.6) is 0 Å². The predicted octanol–water partition coefficient (Wildman–Crippen LogP) is 3.19. The maximum atomic E-state index is 12.9. The van der Waals surface area contributed by atoms with E-state index in [0.717, 1.165) is 37.6 Å². The molecule has 3 aliphatic rings. The van der Waals surface area contributed by atoms with Gasteiger partial charge in [0.15, 0.2) is 0 Å². The van der Waals surface area contributed by atoms with E-state index in [1.165, 1.54) is 12.0 Å². The average molecular weight is 341 g/mol. The van der Waals surface area contributed by atoms with Crippen LogP contribution >= 0.6 is 11.3 Å². The molecule has 0 saturated carbocycles. The maximum absolute atomic E-state index is 12.9. The van der Waals surface area contributed by atoms with Crippen molar-refractivity contribution in [1.82, 2.24) is 14.8 Å². The molecule has 4 nitrogen and oxygen atoms in total. The fraction of sp³-hybridized carbons (Fsp3) is 0.474. The first-order chi connectivity index (χ1) is 11.7. The van der Waals surface area contributed by atoms with Crippen LogP contribution in [0, 0.1) is 12.8 Å². The second-order valence-electron chi connectivity index (χ2n) is 6.99. The van der Waals surface area contributed by atoms with Crippen molar-refractivity contribution in [2.24, 2.45) is 5.92 Å². The van der Waals surface area contributed by atoms with Crippen LogP contribution in [-0.4, -0.2) is 46.4 Å². The quantitative estimate of drug-likeness (QED) is 0.860. The summed E-state index contributed by atoms with van der Waals surface area (Å²) in [7, 11) is 0. The number of benzene rings is 1. The molecule has 1 amide bonds. The molecule has 4 heterocycles. The Hall–Kier alpha value is -1.72. The van der Waals surface area contributed by atoms with Crippen molar-refractivity contribution in [2.45, 2.75) is 32.4 Å². The molecule has 0 N–H and O–H groups in total. The van der Waals surface area contributed by atoms with E-state index in [2.05, 4.69) is 45.1 Å². The largest absolute Gasteiger partial charge is 0.333 e. The van der Waals surface area contributed by atoms with Crippen LogP contribution in [0.2, 0.25) is 0 Å². The van der Waals surface area contributed by atoms with Crippen LogP contribution in [0.4, 0.5) is 0 Å². The third-order valence-corrected chi connectivity index (χ3v) is 5.91. The monoisotopic (exact) mass is 341 g/mol. The highest BCUT2D eigenvalue weighted by Crippen LogP contribution is 2.30. The molecule has 5 rings (SSSR count). The summed E-state index contributed by atoms with van der Waals surface area (Å²) in [6, 6.07) is 11.0. The van der Waals surface area contributed by atoms with Crippen LogP contribution in [0.25, 0.3) is 0 Å². The lowest BCUT2D eigenvalue weighted by atomic mass is 9.95. The average Bonchev–Trinajstić information content (AvgIpc) is 2.84. The van der Waals surface area contributed by atoms with Gasteiger partial charge in [-0.25, -0.2) is 4.98 Å². The molecule has 5 heteroatoms. The molecule has 2 atom stereocenters. The number of carbonyl (C=O) groups is 1. The van der Waals surface area contributed by atoms with E-state index in [1.807, 2.05) is 12.3 Å². The summed E-state index contributed by atoms with van der Waals surface area (Å²) in [5.41, 5.74) is 1.98. The molecule has 2 aromatic rings. The molecule has 0 spiro atoms. The Balaban J connectivity index is 1.49. The SMILES string of the molecule is Cc1nc(C(=O)N2C[C@H]3CC[C@@H]2CN(Cc2ccccc2)C3)cs1. The Morgan fingerprint density at radius 2 is 2.04 bits per heavy atom. The minimum absolute atomic E-state index is 0.121. The summed E-state index contributed by atoms with van der Waals surface area (Å²) in [5.74, 6) is 0.701. The highest BCUT2D eigenvalue weighted by molar-refractivity contribution is 7.09. The summed E-state index contributed by atoms with van der Waals surface area (Å²) in [5, 5.41) is 2.86. The zero-order valence-corrected chi connectivity index (χ0v) is 14.8. The molecule has 3 saturated heterocycles. The number of thiazole rings is 1. The van der Waals surface area contributed by atoms with Gasteiger partial charge in [0.05, 0.1) is 5.01 Å². The Labute approximate surface area is 147 Å². The van der Waals surface area contributed by atoms with E-state index >= 15 is 0 Å². The first-order valence-corrected chi connectivity index (χ1v) is 9.56. The lowest BCUT2D eigenvalue weighted by Gasteiger charge is -2.35. The highest BCUT2D eigenvalue weighted by atomic mass is 32.1. The second kappa shape index (κ2) is 6.65. The number of piperidine rings is 1. The molecule has 0 unspecified atom stereocenters. The maximum Gasteiger partial charge on any atom is 0.273 e. The molecule has 0 aliphatic carbocycles. The van der Waals surface area contributed by atoms with Gasteiger partial charge in [0.25, 0.3) is 5.91 Å². The van der Waals surface area contributed by atoms with E-state index in [0.29, 0.717) is 17.7 Å². The van der Waals surface area contributed by atoms with Crippen molar-refractivity contribution in [3.05, 3.63) is 52.0 Å². The van der Waals surface area contributed by atoms with E-state index in [1.54, 1.807) is 11.3 Å². The van der Waals surface area contributed by atoms with Crippen molar-refractivity contribution < 1.29 is 4.79 Å². The van der Waals surface area contributed by atoms with Crippen molar-refractivity contribution in [3.63, 3.8) is 0 Å². The zero-order chi connectivity index (χ0) is 16.5. The Bertz CT molecular complexity index is 714. The number of carbonyl (C=O) groups excluding carboxylic acids is 1. The summed E-state index contributed by atoms with van der Waals surface area (Å²) in [4.78, 5) is 21.9. The van der Waals surface area contributed by atoms with Crippen molar-refractivity contribution >= 4 is 17.2 Å². The molecular formula is C19H23N3OS. The van der Waals surface area contributed by atoms with Crippen LogP contribution in [-0.2, 0) is 6.54 Å². The molecule has 1 aromatic carbocycles. The first-order valence-electron chi connectivity index (χ1n) is 8.68. The van der Waals surface area contributed by atoms with Crippen LogP contribution in [0.1, 0.15) is 33.9 Å². The van der Waals surface area contributed by atoms with Crippen LogP contribution < -0.4 is 0 Å². The number of aromatic nitrogens is 1. The molecule has 0 radical (unpaired) electrons. The van der Waals surface area contributed by atoms with Gasteiger partial charge in [0.2, 0.25) is 0 Å². The van der Waals surface area contributed by atoms with Crippen LogP contribution in [0.15, 0.2) is 35.7 Å². The van der Waals surface area contributed by atoms with Crippen molar-refractivity contribution in [3.8, 4) is 0 Å². The zero-order valence-electron chi connectivity index (χ0n) is 14.0. The number of rotatable bonds is 3. The third kappa shape index (κ3) is 3.23. The summed E-state index contributed by atoms with van der Waals surface area (Å²) >= 11 is 1.56. The number of hydrogen-bond donors (Lipinski definition) is 0. The number of amides is 1. The third-order valence-electron chi connectivity index (χ3n) is 5.14. The Morgan fingerprint density at radius 3 is 2.79 bits per heavy atom.